The maximum atomic E-state index is 10.6. The second-order valence-corrected chi connectivity index (χ2v) is 14.8. The normalized spacial score (nSPS) is 27.8. The molecule has 3 nitrogen and oxygen atoms in total. The molecular formula is C33H43BNO2S+. The van der Waals surface area contributed by atoms with Crippen molar-refractivity contribution in [3.05, 3.63) is 58.6 Å². The van der Waals surface area contributed by atoms with Crippen molar-refractivity contribution in [2.75, 3.05) is 6.54 Å². The lowest BCUT2D eigenvalue weighted by molar-refractivity contribution is -0.0893. The number of hydrogen-bond donors (Lipinski definition) is 1. The fourth-order valence-electron chi connectivity index (χ4n) is 7.67. The number of benzene rings is 2. The zero-order valence-electron chi connectivity index (χ0n) is 24.6. The summed E-state index contributed by atoms with van der Waals surface area (Å²) in [4.78, 5) is 1.54. The third-order valence-corrected chi connectivity index (χ3v) is 11.9. The Morgan fingerprint density at radius 1 is 1.11 bits per heavy atom. The van der Waals surface area contributed by atoms with Gasteiger partial charge in [0.2, 0.25) is 0 Å². The molecule has 0 bridgehead atoms. The summed E-state index contributed by atoms with van der Waals surface area (Å²) in [5, 5.41) is 12.1. The van der Waals surface area contributed by atoms with Crippen molar-refractivity contribution in [1.82, 2.24) is 4.48 Å². The third-order valence-electron chi connectivity index (χ3n) is 10.7. The van der Waals surface area contributed by atoms with Crippen molar-refractivity contribution < 1.29 is 9.76 Å². The van der Waals surface area contributed by atoms with E-state index in [1.807, 2.05) is 39.0 Å². The molecule has 200 valence electrons. The molecule has 0 amide bonds. The van der Waals surface area contributed by atoms with Crippen LogP contribution in [0.25, 0.3) is 15.7 Å². The standard InChI is InChI=1S/C33H43BNO2S/c1-10-35-25-16-15-21(34-37-33(8,9)32(6,7)36)18-24(25)31(4,5)27-20(3)19(2)17-23(28(27)35)30-29(35)22-13-11-12-14-26(22)38-30/h11-16,18-20,27,34,36H,10,17H2,1-9H3/q+1. The number of nitrogens with zero attached hydrogens (tertiary/aromatic N) is 1. The lowest BCUT2D eigenvalue weighted by Gasteiger charge is -2.54. The Morgan fingerprint density at radius 2 is 1.82 bits per heavy atom. The predicted molar refractivity (Wildman–Crippen MR) is 165 cm³/mol. The van der Waals surface area contributed by atoms with Crippen molar-refractivity contribution >= 4 is 51.3 Å². The molecule has 1 N–H and O–H groups in total. The van der Waals surface area contributed by atoms with Crippen LogP contribution in [0.4, 0.5) is 11.4 Å². The van der Waals surface area contributed by atoms with Gasteiger partial charge in [-0.3, -0.25) is 0 Å². The molecule has 0 saturated heterocycles. The van der Waals surface area contributed by atoms with Gasteiger partial charge in [0.05, 0.1) is 28.0 Å². The molecule has 0 radical (unpaired) electrons. The average molecular weight is 529 g/mol. The molecule has 0 saturated carbocycles. The van der Waals surface area contributed by atoms with E-state index in [2.05, 4.69) is 77.1 Å². The Morgan fingerprint density at radius 3 is 2.50 bits per heavy atom. The van der Waals surface area contributed by atoms with Gasteiger partial charge in [-0.1, -0.05) is 57.4 Å². The van der Waals surface area contributed by atoms with E-state index in [1.165, 1.54) is 43.8 Å². The Hall–Kier alpha value is -1.92. The van der Waals surface area contributed by atoms with Gasteiger partial charge in [-0.15, -0.1) is 11.3 Å². The quantitative estimate of drug-likeness (QED) is 0.276. The highest BCUT2D eigenvalue weighted by Crippen LogP contribution is 2.69. The van der Waals surface area contributed by atoms with E-state index in [-0.39, 0.29) is 5.41 Å². The zero-order valence-corrected chi connectivity index (χ0v) is 25.4. The van der Waals surface area contributed by atoms with Crippen molar-refractivity contribution in [3.63, 3.8) is 0 Å². The van der Waals surface area contributed by atoms with Gasteiger partial charge in [-0.25, -0.2) is 4.48 Å². The van der Waals surface area contributed by atoms with Crippen LogP contribution in [-0.2, 0) is 10.1 Å². The van der Waals surface area contributed by atoms with Gasteiger partial charge in [0, 0.05) is 27.2 Å². The second kappa shape index (κ2) is 8.30. The van der Waals surface area contributed by atoms with Crippen molar-refractivity contribution in [3.8, 4) is 0 Å². The van der Waals surface area contributed by atoms with Crippen molar-refractivity contribution in [2.45, 2.75) is 85.4 Å². The van der Waals surface area contributed by atoms with E-state index in [9.17, 15) is 5.11 Å². The molecule has 2 aromatic carbocycles. The van der Waals surface area contributed by atoms with Gasteiger partial charge in [-0.05, 0) is 71.1 Å². The van der Waals surface area contributed by atoms with E-state index in [0.29, 0.717) is 25.2 Å². The van der Waals surface area contributed by atoms with E-state index in [4.69, 9.17) is 4.65 Å². The fraction of sp³-hybridized carbons (Fsp3) is 0.515. The Labute approximate surface area is 233 Å². The Balaban J connectivity index is 1.59. The van der Waals surface area contributed by atoms with Crippen molar-refractivity contribution in [1.29, 1.82) is 0 Å². The van der Waals surface area contributed by atoms with Crippen LogP contribution < -0.4 is 9.95 Å². The Bertz CT molecular complexity index is 1480. The van der Waals surface area contributed by atoms with Gasteiger partial charge in [0.15, 0.2) is 5.69 Å². The lowest BCUT2D eigenvalue weighted by Crippen LogP contribution is -2.56. The van der Waals surface area contributed by atoms with E-state index < -0.39 is 11.2 Å². The van der Waals surface area contributed by atoms with Gasteiger partial charge < -0.3 is 9.76 Å². The summed E-state index contributed by atoms with van der Waals surface area (Å²) in [6, 6.07) is 16.1. The van der Waals surface area contributed by atoms with Crippen LogP contribution in [0.5, 0.6) is 0 Å². The molecule has 0 spiro atoms. The highest BCUT2D eigenvalue weighted by Gasteiger charge is 2.63. The first-order valence-corrected chi connectivity index (χ1v) is 15.2. The highest BCUT2D eigenvalue weighted by atomic mass is 32.1. The predicted octanol–water partition coefficient (Wildman–Crippen LogP) is 7.41. The van der Waals surface area contributed by atoms with Gasteiger partial charge in [0.25, 0.3) is 0 Å². The molecular weight excluding hydrogens is 485 g/mol. The summed E-state index contributed by atoms with van der Waals surface area (Å²) >= 11 is 2.01. The molecule has 4 unspecified atom stereocenters. The first-order chi connectivity index (χ1) is 17.8. The monoisotopic (exact) mass is 528 g/mol. The summed E-state index contributed by atoms with van der Waals surface area (Å²) in [6.07, 6.45) is 1.18. The molecule has 3 aliphatic rings. The molecule has 1 aliphatic carbocycles. The topological polar surface area (TPSA) is 29.5 Å². The first-order valence-electron chi connectivity index (χ1n) is 14.4. The van der Waals surface area contributed by atoms with Crippen LogP contribution in [0.1, 0.15) is 79.2 Å². The molecule has 0 fully saturated rings. The minimum absolute atomic E-state index is 0.00660. The third kappa shape index (κ3) is 3.32. The summed E-state index contributed by atoms with van der Waals surface area (Å²) < 4.78 is 8.62. The number of rotatable bonds is 5. The number of quaternary nitrogens is 1. The molecule has 3 aromatic rings. The van der Waals surface area contributed by atoms with E-state index in [1.54, 1.807) is 11.3 Å². The smallest absolute Gasteiger partial charge is 0.309 e. The number of aliphatic hydroxyl groups is 1. The molecule has 4 atom stereocenters. The number of allylic oxidation sites excluding steroid dienone is 2. The minimum Gasteiger partial charge on any atom is -0.427 e. The lowest BCUT2D eigenvalue weighted by atomic mass is 9.57. The van der Waals surface area contributed by atoms with E-state index >= 15 is 0 Å². The molecule has 1 aromatic heterocycles. The van der Waals surface area contributed by atoms with Crippen LogP contribution in [0, 0.1) is 17.8 Å². The number of hydrogen-bond acceptors (Lipinski definition) is 3. The zero-order chi connectivity index (χ0) is 27.4. The second-order valence-electron chi connectivity index (χ2n) is 13.7. The Kier molecular flexibility index (Phi) is 5.75. The van der Waals surface area contributed by atoms with Crippen LogP contribution in [0.2, 0.25) is 0 Å². The molecule has 5 heteroatoms. The minimum atomic E-state index is -0.923. The fourth-order valence-corrected chi connectivity index (χ4v) is 8.98. The van der Waals surface area contributed by atoms with Gasteiger partial charge in [-0.2, -0.15) is 0 Å². The van der Waals surface area contributed by atoms with Crippen LogP contribution >= 0.6 is 11.3 Å². The maximum absolute atomic E-state index is 10.6. The highest BCUT2D eigenvalue weighted by molar-refractivity contribution is 7.21. The van der Waals surface area contributed by atoms with E-state index in [0.717, 1.165) is 11.0 Å². The SMILES string of the molecule is CC[N+]12C3=C(CC(C)C(C)C3C(C)(C)c3cc(BOC(C)(C)C(C)(C)O)ccc31)c1sc3ccccc3c12. The number of thiophene rings is 1. The van der Waals surface area contributed by atoms with Gasteiger partial charge in [0.1, 0.15) is 11.4 Å². The molecule has 6 rings (SSSR count). The summed E-state index contributed by atoms with van der Waals surface area (Å²) in [6.45, 7) is 20.9. The number of fused-ring (bicyclic) bond motifs is 7. The maximum Gasteiger partial charge on any atom is 0.309 e. The largest absolute Gasteiger partial charge is 0.427 e. The first kappa shape index (κ1) is 26.3. The summed E-state index contributed by atoms with van der Waals surface area (Å²) in [7, 11) is 0.490. The van der Waals surface area contributed by atoms with Crippen molar-refractivity contribution in [2.24, 2.45) is 17.8 Å². The molecule has 38 heavy (non-hydrogen) atoms. The van der Waals surface area contributed by atoms with Crippen LogP contribution in [0.3, 0.4) is 0 Å². The van der Waals surface area contributed by atoms with Gasteiger partial charge >= 0.3 is 7.48 Å². The van der Waals surface area contributed by atoms with Crippen LogP contribution in [-0.4, -0.2) is 30.3 Å². The molecule has 3 heterocycles. The summed E-state index contributed by atoms with van der Waals surface area (Å²) in [5.41, 5.74) is 7.35. The summed E-state index contributed by atoms with van der Waals surface area (Å²) in [5.74, 6) is 1.74. The molecule has 2 aliphatic heterocycles. The average Bonchev–Trinajstić information content (AvgIpc) is 3.36. The van der Waals surface area contributed by atoms with Crippen LogP contribution in [0.15, 0.2) is 48.2 Å².